The van der Waals surface area contributed by atoms with Crippen LogP contribution in [0.1, 0.15) is 13.8 Å². The van der Waals surface area contributed by atoms with Crippen LogP contribution in [0.15, 0.2) is 41.4 Å². The van der Waals surface area contributed by atoms with Gasteiger partial charge in [-0.25, -0.2) is 22.2 Å². The average molecular weight is 441 g/mol. The normalized spacial score (nSPS) is 20.2. The average Bonchev–Trinajstić information content (AvgIpc) is 2.64. The van der Waals surface area contributed by atoms with E-state index in [2.05, 4.69) is 28.5 Å². The molecule has 0 radical (unpaired) electrons. The monoisotopic (exact) mass is 440 g/mol. The summed E-state index contributed by atoms with van der Waals surface area (Å²) in [5.74, 6) is -1.11. The summed E-state index contributed by atoms with van der Waals surface area (Å²) >= 11 is 0. The highest BCUT2D eigenvalue weighted by molar-refractivity contribution is 7.92. The number of ether oxygens (including phenoxy) is 1. The van der Waals surface area contributed by atoms with Gasteiger partial charge in [-0.1, -0.05) is 0 Å². The van der Waals surface area contributed by atoms with Crippen molar-refractivity contribution in [1.82, 2.24) is 9.88 Å². The van der Waals surface area contributed by atoms with Crippen molar-refractivity contribution in [3.8, 4) is 0 Å². The molecule has 2 aromatic rings. The predicted octanol–water partition coefficient (Wildman–Crippen LogP) is 2.71. The molecular weight excluding hydrogens is 414 g/mol. The highest BCUT2D eigenvalue weighted by atomic mass is 32.2. The largest absolute Gasteiger partial charge is 0.373 e. The first-order valence-corrected chi connectivity index (χ1v) is 11.1. The van der Waals surface area contributed by atoms with E-state index in [4.69, 9.17) is 4.74 Å². The Hall–Kier alpha value is -2.30. The van der Waals surface area contributed by atoms with Crippen LogP contribution in [0, 0.1) is 11.6 Å². The number of benzene rings is 1. The van der Waals surface area contributed by atoms with Gasteiger partial charge < -0.3 is 9.64 Å². The molecule has 1 aliphatic rings. The molecule has 1 aromatic carbocycles. The lowest BCUT2D eigenvalue weighted by molar-refractivity contribution is -0.0670. The Morgan fingerprint density at radius 3 is 2.37 bits per heavy atom. The minimum atomic E-state index is -4.02. The van der Waals surface area contributed by atoms with E-state index >= 15 is 0 Å². The van der Waals surface area contributed by atoms with E-state index in [0.29, 0.717) is 11.9 Å². The fourth-order valence-electron chi connectivity index (χ4n) is 3.46. The van der Waals surface area contributed by atoms with Crippen molar-refractivity contribution in [2.24, 2.45) is 0 Å². The first-order valence-electron chi connectivity index (χ1n) is 9.66. The first-order chi connectivity index (χ1) is 14.1. The molecule has 0 bridgehead atoms. The maximum atomic E-state index is 13.3. The number of morpholine rings is 1. The van der Waals surface area contributed by atoms with Gasteiger partial charge in [0, 0.05) is 45.5 Å². The van der Waals surface area contributed by atoms with Crippen LogP contribution in [0.4, 0.5) is 20.3 Å². The maximum Gasteiger partial charge on any atom is 0.263 e. The van der Waals surface area contributed by atoms with E-state index in [0.717, 1.165) is 38.3 Å². The maximum absolute atomic E-state index is 13.3. The number of hydrogen-bond acceptors (Lipinski definition) is 6. The van der Waals surface area contributed by atoms with Crippen molar-refractivity contribution in [1.29, 1.82) is 0 Å². The van der Waals surface area contributed by atoms with E-state index in [1.165, 1.54) is 12.3 Å². The van der Waals surface area contributed by atoms with Crippen LogP contribution >= 0.6 is 0 Å². The standard InChI is InChI=1S/C20H26F2N4O3S/c1-14-12-26(13-15(2)29-14)7-6-25(3)20-5-4-19(11-23-20)30(27,28)24-18-9-16(21)8-17(22)10-18/h4-5,8-11,14-15,24H,6-7,12-13H2,1-3H3/t14-,15+. The molecule has 1 N–H and O–H groups in total. The summed E-state index contributed by atoms with van der Waals surface area (Å²) in [5.41, 5.74) is -0.192. The number of likely N-dealkylation sites (N-methyl/N-ethyl adjacent to an activating group) is 1. The summed E-state index contributed by atoms with van der Waals surface area (Å²) in [7, 11) is -2.13. The summed E-state index contributed by atoms with van der Waals surface area (Å²) < 4.78 is 59.4. The quantitative estimate of drug-likeness (QED) is 0.714. The number of nitrogens with zero attached hydrogens (tertiary/aromatic N) is 3. The molecular formula is C20H26F2N4O3S. The molecule has 1 fully saturated rings. The van der Waals surface area contributed by atoms with Gasteiger partial charge in [0.1, 0.15) is 22.3 Å². The molecule has 3 rings (SSSR count). The number of aromatic nitrogens is 1. The van der Waals surface area contributed by atoms with Gasteiger partial charge in [-0.15, -0.1) is 0 Å². The molecule has 164 valence electrons. The molecule has 0 unspecified atom stereocenters. The minimum Gasteiger partial charge on any atom is -0.373 e. The lowest BCUT2D eigenvalue weighted by Crippen LogP contribution is -2.47. The lowest BCUT2D eigenvalue weighted by Gasteiger charge is -2.36. The van der Waals surface area contributed by atoms with Crippen molar-refractivity contribution >= 4 is 21.5 Å². The predicted molar refractivity (Wildman–Crippen MR) is 111 cm³/mol. The van der Waals surface area contributed by atoms with Crippen molar-refractivity contribution in [3.63, 3.8) is 0 Å². The smallest absolute Gasteiger partial charge is 0.263 e. The van der Waals surface area contributed by atoms with Crippen LogP contribution in [0.5, 0.6) is 0 Å². The number of sulfonamides is 1. The second kappa shape index (κ2) is 9.23. The zero-order valence-electron chi connectivity index (χ0n) is 17.2. The molecule has 0 saturated carbocycles. The zero-order valence-corrected chi connectivity index (χ0v) is 18.0. The second-order valence-electron chi connectivity index (χ2n) is 7.55. The molecule has 2 heterocycles. The summed E-state index contributed by atoms with van der Waals surface area (Å²) in [6.07, 6.45) is 1.62. The topological polar surface area (TPSA) is 74.8 Å². The van der Waals surface area contributed by atoms with E-state index in [1.54, 1.807) is 6.07 Å². The Balaban J connectivity index is 1.62. The van der Waals surface area contributed by atoms with E-state index in [1.807, 2.05) is 11.9 Å². The van der Waals surface area contributed by atoms with Gasteiger partial charge in [-0.2, -0.15) is 0 Å². The van der Waals surface area contributed by atoms with Crippen LogP contribution in [0.2, 0.25) is 0 Å². The molecule has 10 heteroatoms. The summed E-state index contributed by atoms with van der Waals surface area (Å²) in [6.45, 7) is 7.41. The van der Waals surface area contributed by atoms with E-state index in [-0.39, 0.29) is 22.8 Å². The van der Waals surface area contributed by atoms with Gasteiger partial charge in [0.2, 0.25) is 0 Å². The van der Waals surface area contributed by atoms with E-state index in [9.17, 15) is 17.2 Å². The van der Waals surface area contributed by atoms with Crippen LogP contribution in [0.3, 0.4) is 0 Å². The number of anilines is 2. The fourth-order valence-corrected chi connectivity index (χ4v) is 4.44. The van der Waals surface area contributed by atoms with Gasteiger partial charge in [0.25, 0.3) is 10.0 Å². The molecule has 2 atom stereocenters. The first kappa shape index (κ1) is 22.4. The molecule has 0 aliphatic carbocycles. The summed E-state index contributed by atoms with van der Waals surface area (Å²) in [5, 5.41) is 0. The number of hydrogen-bond donors (Lipinski definition) is 1. The minimum absolute atomic E-state index is 0.0971. The molecule has 1 aromatic heterocycles. The van der Waals surface area contributed by atoms with Crippen molar-refractivity contribution in [2.75, 3.05) is 42.8 Å². The second-order valence-corrected chi connectivity index (χ2v) is 9.24. The van der Waals surface area contributed by atoms with Gasteiger partial charge >= 0.3 is 0 Å². The third-order valence-electron chi connectivity index (χ3n) is 4.78. The molecule has 30 heavy (non-hydrogen) atoms. The van der Waals surface area contributed by atoms with Crippen LogP contribution in [0.25, 0.3) is 0 Å². The molecule has 0 amide bonds. The third kappa shape index (κ3) is 5.87. The lowest BCUT2D eigenvalue weighted by atomic mass is 10.2. The van der Waals surface area contributed by atoms with Crippen LogP contribution < -0.4 is 9.62 Å². The van der Waals surface area contributed by atoms with E-state index < -0.39 is 21.7 Å². The van der Waals surface area contributed by atoms with Gasteiger partial charge in [-0.05, 0) is 38.1 Å². The highest BCUT2D eigenvalue weighted by Gasteiger charge is 2.22. The highest BCUT2D eigenvalue weighted by Crippen LogP contribution is 2.20. The van der Waals surface area contributed by atoms with Crippen molar-refractivity contribution in [3.05, 3.63) is 48.2 Å². The van der Waals surface area contributed by atoms with Crippen molar-refractivity contribution in [2.45, 2.75) is 31.0 Å². The Labute approximate surface area is 175 Å². The number of nitrogens with one attached hydrogen (secondary N) is 1. The Bertz CT molecular complexity index is 942. The van der Waals surface area contributed by atoms with Crippen LogP contribution in [-0.2, 0) is 14.8 Å². The fraction of sp³-hybridized carbons (Fsp3) is 0.450. The Kier molecular flexibility index (Phi) is 6.89. The summed E-state index contributed by atoms with van der Waals surface area (Å²) in [6, 6.07) is 5.50. The van der Waals surface area contributed by atoms with Crippen molar-refractivity contribution < 1.29 is 21.9 Å². The van der Waals surface area contributed by atoms with Gasteiger partial charge in [-0.3, -0.25) is 9.62 Å². The Morgan fingerprint density at radius 1 is 1.17 bits per heavy atom. The number of pyridine rings is 1. The van der Waals surface area contributed by atoms with Crippen LogP contribution in [-0.4, -0.2) is 63.7 Å². The molecule has 1 aliphatic heterocycles. The van der Waals surface area contributed by atoms with Gasteiger partial charge in [0.15, 0.2) is 0 Å². The number of halogens is 2. The third-order valence-corrected chi connectivity index (χ3v) is 6.15. The summed E-state index contributed by atoms with van der Waals surface area (Å²) in [4.78, 5) is 8.40. The SMILES string of the molecule is C[C@@H]1CN(CCN(C)c2ccc(S(=O)(=O)Nc3cc(F)cc(F)c3)cn2)C[C@H](C)O1. The molecule has 0 spiro atoms. The molecule has 1 saturated heterocycles. The molecule has 7 nitrogen and oxygen atoms in total. The number of rotatable bonds is 7. The zero-order chi connectivity index (χ0) is 21.9. The Morgan fingerprint density at radius 2 is 1.80 bits per heavy atom. The van der Waals surface area contributed by atoms with Gasteiger partial charge in [0.05, 0.1) is 17.9 Å².